The number of benzene rings is 1. The van der Waals surface area contributed by atoms with Crippen LogP contribution in [0.15, 0.2) is 47.7 Å². The fraction of sp³-hybridized carbons (Fsp3) is 0.444. The molecule has 0 spiro atoms. The van der Waals surface area contributed by atoms with Gasteiger partial charge in [0.15, 0.2) is 5.96 Å². The number of nitrogens with zero attached hydrogens (tertiary/aromatic N) is 3. The van der Waals surface area contributed by atoms with Gasteiger partial charge >= 0.3 is 0 Å². The predicted octanol–water partition coefficient (Wildman–Crippen LogP) is 3.26. The van der Waals surface area contributed by atoms with Gasteiger partial charge < -0.3 is 10.6 Å². The summed E-state index contributed by atoms with van der Waals surface area (Å²) in [5.41, 5.74) is 2.48. The highest BCUT2D eigenvalue weighted by atomic mass is 127. The van der Waals surface area contributed by atoms with E-state index in [0.717, 1.165) is 32.0 Å². The van der Waals surface area contributed by atoms with Gasteiger partial charge in [-0.1, -0.05) is 38.1 Å². The van der Waals surface area contributed by atoms with Crippen LogP contribution >= 0.6 is 24.0 Å². The lowest BCUT2D eigenvalue weighted by molar-refractivity contribution is 0.573. The Balaban J connectivity index is 0.00000288. The molecule has 0 fully saturated rings. The molecular weight excluding hydrogens is 413 g/mol. The summed E-state index contributed by atoms with van der Waals surface area (Å²) >= 11 is 0. The Labute approximate surface area is 162 Å². The van der Waals surface area contributed by atoms with Crippen molar-refractivity contribution in [1.82, 2.24) is 20.4 Å². The molecule has 1 aromatic carbocycles. The van der Waals surface area contributed by atoms with Crippen LogP contribution in [0.1, 0.15) is 31.4 Å². The number of aliphatic imine (C=N–C) groups is 1. The van der Waals surface area contributed by atoms with Crippen molar-refractivity contribution in [3.8, 4) is 0 Å². The minimum Gasteiger partial charge on any atom is -0.356 e. The van der Waals surface area contributed by atoms with Gasteiger partial charge in [-0.05, 0) is 29.5 Å². The zero-order valence-corrected chi connectivity index (χ0v) is 17.0. The first-order valence-electron chi connectivity index (χ1n) is 8.17. The van der Waals surface area contributed by atoms with Crippen molar-refractivity contribution in [2.75, 3.05) is 13.6 Å². The van der Waals surface area contributed by atoms with Crippen LogP contribution in [0.4, 0.5) is 0 Å². The first-order chi connectivity index (χ1) is 11.2. The summed E-state index contributed by atoms with van der Waals surface area (Å²) in [5.74, 6) is 1.54. The highest BCUT2D eigenvalue weighted by molar-refractivity contribution is 14.0. The Morgan fingerprint density at radius 1 is 1.21 bits per heavy atom. The van der Waals surface area contributed by atoms with Crippen LogP contribution < -0.4 is 10.6 Å². The van der Waals surface area contributed by atoms with E-state index in [1.54, 1.807) is 13.2 Å². The SMILES string of the molecule is CN=C(NCCC(C)C)NCc1cccc(Cn2cccn2)c1.I. The minimum absolute atomic E-state index is 0. The monoisotopic (exact) mass is 441 g/mol. The first-order valence-corrected chi connectivity index (χ1v) is 8.17. The van der Waals surface area contributed by atoms with Crippen LogP contribution in [0.5, 0.6) is 0 Å². The second kappa shape index (κ2) is 11.1. The number of guanidine groups is 1. The fourth-order valence-electron chi connectivity index (χ4n) is 2.30. The molecule has 2 aromatic rings. The molecular formula is C18H28IN5. The van der Waals surface area contributed by atoms with E-state index in [9.17, 15) is 0 Å². The summed E-state index contributed by atoms with van der Waals surface area (Å²) in [6.45, 7) is 6.94. The normalized spacial score (nSPS) is 11.2. The molecule has 0 atom stereocenters. The maximum absolute atomic E-state index is 4.26. The highest BCUT2D eigenvalue weighted by Crippen LogP contribution is 2.07. The molecule has 24 heavy (non-hydrogen) atoms. The van der Waals surface area contributed by atoms with Gasteiger partial charge in [0, 0.05) is 32.5 Å². The van der Waals surface area contributed by atoms with Crippen molar-refractivity contribution < 1.29 is 0 Å². The van der Waals surface area contributed by atoms with E-state index in [4.69, 9.17) is 0 Å². The summed E-state index contributed by atoms with van der Waals surface area (Å²) in [7, 11) is 1.80. The minimum atomic E-state index is 0. The molecule has 0 aliphatic heterocycles. The fourth-order valence-corrected chi connectivity index (χ4v) is 2.30. The number of aromatic nitrogens is 2. The Morgan fingerprint density at radius 2 is 2.00 bits per heavy atom. The lowest BCUT2D eigenvalue weighted by atomic mass is 10.1. The van der Waals surface area contributed by atoms with E-state index in [-0.39, 0.29) is 24.0 Å². The van der Waals surface area contributed by atoms with Crippen molar-refractivity contribution in [3.63, 3.8) is 0 Å². The van der Waals surface area contributed by atoms with Gasteiger partial charge in [-0.15, -0.1) is 24.0 Å². The summed E-state index contributed by atoms with van der Waals surface area (Å²) in [6.07, 6.45) is 4.92. The van der Waals surface area contributed by atoms with Crippen molar-refractivity contribution in [2.24, 2.45) is 10.9 Å². The van der Waals surface area contributed by atoms with Crippen LogP contribution in [-0.2, 0) is 13.1 Å². The van der Waals surface area contributed by atoms with E-state index in [1.165, 1.54) is 11.1 Å². The molecule has 132 valence electrons. The van der Waals surface area contributed by atoms with Crippen molar-refractivity contribution in [3.05, 3.63) is 53.9 Å². The second-order valence-electron chi connectivity index (χ2n) is 6.06. The van der Waals surface area contributed by atoms with Gasteiger partial charge in [0.05, 0.1) is 6.54 Å². The zero-order valence-electron chi connectivity index (χ0n) is 14.7. The van der Waals surface area contributed by atoms with E-state index in [1.807, 2.05) is 16.9 Å². The molecule has 1 aromatic heterocycles. The maximum atomic E-state index is 4.26. The van der Waals surface area contributed by atoms with Crippen LogP contribution in [0.3, 0.4) is 0 Å². The average molecular weight is 441 g/mol. The van der Waals surface area contributed by atoms with Crippen LogP contribution in [0.2, 0.25) is 0 Å². The largest absolute Gasteiger partial charge is 0.356 e. The summed E-state index contributed by atoms with van der Waals surface area (Å²) in [4.78, 5) is 4.26. The summed E-state index contributed by atoms with van der Waals surface area (Å²) in [6, 6.07) is 10.5. The third-order valence-corrected chi connectivity index (χ3v) is 3.59. The van der Waals surface area contributed by atoms with Crippen LogP contribution in [0, 0.1) is 5.92 Å². The molecule has 0 aliphatic rings. The Hall–Kier alpha value is -1.57. The molecule has 2 N–H and O–H groups in total. The first kappa shape index (κ1) is 20.5. The van der Waals surface area contributed by atoms with Crippen LogP contribution in [-0.4, -0.2) is 29.3 Å². The average Bonchev–Trinajstić information content (AvgIpc) is 3.03. The van der Waals surface area contributed by atoms with Gasteiger partial charge in [-0.2, -0.15) is 5.10 Å². The molecule has 2 rings (SSSR count). The van der Waals surface area contributed by atoms with E-state index >= 15 is 0 Å². The number of hydrogen-bond donors (Lipinski definition) is 2. The lowest BCUT2D eigenvalue weighted by Gasteiger charge is -2.13. The lowest BCUT2D eigenvalue weighted by Crippen LogP contribution is -2.37. The molecule has 0 radical (unpaired) electrons. The van der Waals surface area contributed by atoms with Gasteiger partial charge in [0.1, 0.15) is 0 Å². The number of rotatable bonds is 7. The van der Waals surface area contributed by atoms with Crippen molar-refractivity contribution in [2.45, 2.75) is 33.4 Å². The molecule has 0 amide bonds. The molecule has 6 heteroatoms. The zero-order chi connectivity index (χ0) is 16.5. The molecule has 0 saturated heterocycles. The maximum Gasteiger partial charge on any atom is 0.191 e. The standard InChI is InChI=1S/C18H27N5.HI/c1-15(2)8-10-20-18(19-3)21-13-16-6-4-7-17(12-16)14-23-11-5-9-22-23;/h4-7,9,11-12,15H,8,10,13-14H2,1-3H3,(H2,19,20,21);1H. The summed E-state index contributed by atoms with van der Waals surface area (Å²) in [5, 5.41) is 11.0. The number of nitrogens with one attached hydrogen (secondary N) is 2. The van der Waals surface area contributed by atoms with Crippen molar-refractivity contribution in [1.29, 1.82) is 0 Å². The van der Waals surface area contributed by atoms with E-state index < -0.39 is 0 Å². The van der Waals surface area contributed by atoms with Gasteiger partial charge in [0.2, 0.25) is 0 Å². The number of halogens is 1. The smallest absolute Gasteiger partial charge is 0.191 e. The van der Waals surface area contributed by atoms with E-state index in [2.05, 4.69) is 58.8 Å². The number of hydrogen-bond acceptors (Lipinski definition) is 2. The molecule has 0 unspecified atom stereocenters. The van der Waals surface area contributed by atoms with Gasteiger partial charge in [-0.3, -0.25) is 9.67 Å². The predicted molar refractivity (Wildman–Crippen MR) is 111 cm³/mol. The Kier molecular flexibility index (Phi) is 9.44. The quantitative estimate of drug-likeness (QED) is 0.394. The highest BCUT2D eigenvalue weighted by Gasteiger charge is 2.01. The Bertz CT molecular complexity index is 608. The van der Waals surface area contributed by atoms with E-state index in [0.29, 0.717) is 5.92 Å². The third kappa shape index (κ3) is 7.33. The molecule has 0 saturated carbocycles. The molecule has 0 bridgehead atoms. The third-order valence-electron chi connectivity index (χ3n) is 3.59. The van der Waals surface area contributed by atoms with Crippen molar-refractivity contribution >= 4 is 29.9 Å². The summed E-state index contributed by atoms with van der Waals surface area (Å²) < 4.78 is 1.93. The Morgan fingerprint density at radius 3 is 2.67 bits per heavy atom. The van der Waals surface area contributed by atoms with Gasteiger partial charge in [-0.25, -0.2) is 0 Å². The second-order valence-corrected chi connectivity index (χ2v) is 6.06. The van der Waals surface area contributed by atoms with Gasteiger partial charge in [0.25, 0.3) is 0 Å². The topological polar surface area (TPSA) is 54.2 Å². The van der Waals surface area contributed by atoms with Crippen LogP contribution in [0.25, 0.3) is 0 Å². The molecule has 5 nitrogen and oxygen atoms in total. The molecule has 0 aliphatic carbocycles. The molecule has 1 heterocycles.